The molecule has 2 aromatic carbocycles. The van der Waals surface area contributed by atoms with Crippen LogP contribution in [-0.2, 0) is 0 Å². The maximum atomic E-state index is 3.41. The van der Waals surface area contributed by atoms with Gasteiger partial charge in [-0.05, 0) is 17.4 Å². The van der Waals surface area contributed by atoms with Crippen LogP contribution in [0.2, 0.25) is 0 Å². The second-order valence-electron chi connectivity index (χ2n) is 3.48. The summed E-state index contributed by atoms with van der Waals surface area (Å²) in [6, 6.07) is 14.8. The van der Waals surface area contributed by atoms with E-state index in [0.29, 0.717) is 0 Å². The molecule has 1 aromatic heterocycles. The standard InChI is InChI=1S/C12H10NP/c14-8-5-6-10-9-3-1-2-4-11(9)13-12(10)7-8/h1-7,13H,14H2. The highest BCUT2D eigenvalue weighted by Crippen LogP contribution is 2.24. The molecule has 0 amide bonds. The Morgan fingerprint density at radius 1 is 0.857 bits per heavy atom. The molecule has 0 saturated heterocycles. The molecule has 0 aliphatic carbocycles. The van der Waals surface area contributed by atoms with Gasteiger partial charge in [-0.1, -0.05) is 30.3 Å². The summed E-state index contributed by atoms with van der Waals surface area (Å²) in [7, 11) is 2.72. The second kappa shape index (κ2) is 2.83. The Balaban J connectivity index is 2.57. The highest BCUT2D eigenvalue weighted by Gasteiger charge is 2.01. The summed E-state index contributed by atoms with van der Waals surface area (Å²) < 4.78 is 0. The number of fused-ring (bicyclic) bond motifs is 3. The summed E-state index contributed by atoms with van der Waals surface area (Å²) in [5, 5.41) is 3.81. The number of hydrogen-bond donors (Lipinski definition) is 1. The van der Waals surface area contributed by atoms with Gasteiger partial charge in [-0.2, -0.15) is 0 Å². The average Bonchev–Trinajstić information content (AvgIpc) is 2.54. The van der Waals surface area contributed by atoms with E-state index >= 15 is 0 Å². The molecule has 68 valence electrons. The summed E-state index contributed by atoms with van der Waals surface area (Å²) in [5.74, 6) is 0. The van der Waals surface area contributed by atoms with E-state index in [9.17, 15) is 0 Å². The molecule has 0 spiro atoms. The zero-order valence-corrected chi connectivity index (χ0v) is 8.77. The Hall–Kier alpha value is -1.33. The topological polar surface area (TPSA) is 15.8 Å². The van der Waals surface area contributed by atoms with Gasteiger partial charge >= 0.3 is 0 Å². The largest absolute Gasteiger partial charge is 0.354 e. The molecule has 3 rings (SSSR count). The van der Waals surface area contributed by atoms with Gasteiger partial charge in [0.2, 0.25) is 0 Å². The summed E-state index contributed by atoms with van der Waals surface area (Å²) in [6.07, 6.45) is 0. The van der Waals surface area contributed by atoms with Gasteiger partial charge in [0.05, 0.1) is 0 Å². The molecular formula is C12H10NP. The first-order chi connectivity index (χ1) is 6.84. The fraction of sp³-hybridized carbons (Fsp3) is 0. The fourth-order valence-corrected chi connectivity index (χ4v) is 2.14. The van der Waals surface area contributed by atoms with Crippen LogP contribution in [0.3, 0.4) is 0 Å². The molecule has 14 heavy (non-hydrogen) atoms. The zero-order valence-electron chi connectivity index (χ0n) is 7.62. The molecule has 1 nitrogen and oxygen atoms in total. The fourth-order valence-electron chi connectivity index (χ4n) is 1.87. The van der Waals surface area contributed by atoms with Crippen LogP contribution in [-0.4, -0.2) is 4.98 Å². The van der Waals surface area contributed by atoms with Crippen molar-refractivity contribution < 1.29 is 0 Å². The maximum absolute atomic E-state index is 3.41. The molecule has 0 fully saturated rings. The molecule has 2 heteroatoms. The van der Waals surface area contributed by atoms with Crippen LogP contribution in [0.1, 0.15) is 0 Å². The number of nitrogens with one attached hydrogen (secondary N) is 1. The zero-order chi connectivity index (χ0) is 9.54. The van der Waals surface area contributed by atoms with E-state index in [1.165, 1.54) is 27.1 Å². The molecule has 0 radical (unpaired) electrons. The number of rotatable bonds is 0. The third-order valence-electron chi connectivity index (χ3n) is 2.53. The van der Waals surface area contributed by atoms with Crippen molar-refractivity contribution in [3.8, 4) is 0 Å². The number of para-hydroxylation sites is 1. The first-order valence-corrected chi connectivity index (χ1v) is 5.18. The minimum absolute atomic E-state index is 1.21. The van der Waals surface area contributed by atoms with Gasteiger partial charge in [0.1, 0.15) is 0 Å². The predicted octanol–water partition coefficient (Wildman–Crippen LogP) is 2.82. The molecule has 0 bridgehead atoms. The molecule has 0 saturated carbocycles. The van der Waals surface area contributed by atoms with E-state index in [4.69, 9.17) is 0 Å². The van der Waals surface area contributed by atoms with E-state index < -0.39 is 0 Å². The summed E-state index contributed by atoms with van der Waals surface area (Å²) >= 11 is 0. The van der Waals surface area contributed by atoms with Gasteiger partial charge in [-0.15, -0.1) is 9.24 Å². The molecule has 1 unspecified atom stereocenters. The number of benzene rings is 2. The van der Waals surface area contributed by atoms with Crippen LogP contribution in [0.15, 0.2) is 42.5 Å². The van der Waals surface area contributed by atoms with Crippen LogP contribution in [0.4, 0.5) is 0 Å². The molecule has 3 aromatic rings. The summed E-state index contributed by atoms with van der Waals surface area (Å²) in [6.45, 7) is 0. The van der Waals surface area contributed by atoms with Crippen molar-refractivity contribution in [2.45, 2.75) is 0 Å². The van der Waals surface area contributed by atoms with E-state index in [2.05, 4.69) is 56.7 Å². The van der Waals surface area contributed by atoms with Crippen molar-refractivity contribution >= 4 is 36.4 Å². The lowest BCUT2D eigenvalue weighted by Gasteiger charge is -1.92. The van der Waals surface area contributed by atoms with Gasteiger partial charge in [0.25, 0.3) is 0 Å². The number of hydrogen-bond acceptors (Lipinski definition) is 0. The predicted molar refractivity (Wildman–Crippen MR) is 65.1 cm³/mol. The van der Waals surface area contributed by atoms with Gasteiger partial charge in [0, 0.05) is 21.8 Å². The van der Waals surface area contributed by atoms with Crippen molar-refractivity contribution in [2.75, 3.05) is 0 Å². The van der Waals surface area contributed by atoms with Crippen LogP contribution in [0.25, 0.3) is 21.8 Å². The highest BCUT2D eigenvalue weighted by molar-refractivity contribution is 7.27. The Bertz CT molecular complexity index is 610. The average molecular weight is 199 g/mol. The van der Waals surface area contributed by atoms with Crippen molar-refractivity contribution in [1.82, 2.24) is 4.98 Å². The third kappa shape index (κ3) is 1.06. The van der Waals surface area contributed by atoms with Crippen LogP contribution in [0, 0.1) is 0 Å². The Kier molecular flexibility index (Phi) is 1.62. The van der Waals surface area contributed by atoms with Gasteiger partial charge in [0.15, 0.2) is 0 Å². The van der Waals surface area contributed by atoms with E-state index in [1.807, 2.05) is 0 Å². The molecule has 1 N–H and O–H groups in total. The Morgan fingerprint density at radius 3 is 2.57 bits per heavy atom. The van der Waals surface area contributed by atoms with E-state index in [1.54, 1.807) is 0 Å². The van der Waals surface area contributed by atoms with Gasteiger partial charge < -0.3 is 4.98 Å². The summed E-state index contributed by atoms with van der Waals surface area (Å²) in [4.78, 5) is 3.41. The first-order valence-electron chi connectivity index (χ1n) is 4.60. The smallest absolute Gasteiger partial charge is 0.0471 e. The molecule has 0 aliphatic heterocycles. The monoisotopic (exact) mass is 199 g/mol. The lowest BCUT2D eigenvalue weighted by atomic mass is 10.2. The van der Waals surface area contributed by atoms with E-state index in [-0.39, 0.29) is 0 Å². The minimum Gasteiger partial charge on any atom is -0.354 e. The number of H-pyrrole nitrogens is 1. The first kappa shape index (κ1) is 8.02. The third-order valence-corrected chi connectivity index (χ3v) is 2.89. The highest BCUT2D eigenvalue weighted by atomic mass is 31.0. The normalized spacial score (nSPS) is 11.2. The maximum Gasteiger partial charge on any atom is 0.0471 e. The number of aromatic nitrogens is 1. The van der Waals surface area contributed by atoms with Crippen LogP contribution in [0.5, 0.6) is 0 Å². The minimum atomic E-state index is 1.21. The van der Waals surface area contributed by atoms with Crippen molar-refractivity contribution in [3.63, 3.8) is 0 Å². The number of aromatic amines is 1. The SMILES string of the molecule is Pc1ccc2c(c1)[nH]c1ccccc12. The molecule has 0 aliphatic rings. The van der Waals surface area contributed by atoms with Crippen LogP contribution >= 0.6 is 9.24 Å². The Labute approximate surface area is 84.3 Å². The quantitative estimate of drug-likeness (QED) is 0.536. The van der Waals surface area contributed by atoms with Crippen molar-refractivity contribution in [3.05, 3.63) is 42.5 Å². The lowest BCUT2D eigenvalue weighted by Crippen LogP contribution is -1.86. The second-order valence-corrected chi connectivity index (χ2v) is 4.14. The van der Waals surface area contributed by atoms with Crippen molar-refractivity contribution in [1.29, 1.82) is 0 Å². The van der Waals surface area contributed by atoms with Crippen molar-refractivity contribution in [2.24, 2.45) is 0 Å². The molecular weight excluding hydrogens is 189 g/mol. The molecule has 1 atom stereocenters. The summed E-state index contributed by atoms with van der Waals surface area (Å²) in [5.41, 5.74) is 2.41. The Morgan fingerprint density at radius 2 is 1.64 bits per heavy atom. The lowest BCUT2D eigenvalue weighted by molar-refractivity contribution is 1.55. The van der Waals surface area contributed by atoms with Gasteiger partial charge in [-0.25, -0.2) is 0 Å². The van der Waals surface area contributed by atoms with E-state index in [0.717, 1.165) is 0 Å². The molecule has 1 heterocycles. The van der Waals surface area contributed by atoms with Gasteiger partial charge in [-0.3, -0.25) is 0 Å². The van der Waals surface area contributed by atoms with Crippen LogP contribution < -0.4 is 5.30 Å².